The van der Waals surface area contributed by atoms with Gasteiger partial charge in [-0.05, 0) is 40.0 Å². The van der Waals surface area contributed by atoms with Crippen LogP contribution in [0.1, 0.15) is 12.5 Å². The number of hydrogen-bond donors (Lipinski definition) is 0. The van der Waals surface area contributed by atoms with Gasteiger partial charge in [-0.3, -0.25) is 0 Å². The van der Waals surface area contributed by atoms with Crippen LogP contribution in [0.15, 0.2) is 22.7 Å². The van der Waals surface area contributed by atoms with Crippen LogP contribution in [0.4, 0.5) is 5.69 Å². The van der Waals surface area contributed by atoms with E-state index in [1.54, 1.807) is 0 Å². The molecule has 1 aromatic carbocycles. The Morgan fingerprint density at radius 2 is 2.00 bits per heavy atom. The van der Waals surface area contributed by atoms with Gasteiger partial charge in [0.15, 0.2) is 0 Å². The molecule has 1 nitrogen and oxygen atoms in total. The Hall–Kier alpha value is -0.500. The van der Waals surface area contributed by atoms with Gasteiger partial charge < -0.3 is 4.90 Å². The second-order valence-corrected chi connectivity index (χ2v) is 3.89. The summed E-state index contributed by atoms with van der Waals surface area (Å²) < 4.78 is 1.16. The first-order chi connectivity index (χ1) is 5.65. The summed E-state index contributed by atoms with van der Waals surface area (Å²) in [5, 5.41) is 0. The fraction of sp³-hybridized carbons (Fsp3) is 0.400. The Morgan fingerprint density at radius 1 is 1.33 bits per heavy atom. The van der Waals surface area contributed by atoms with Crippen molar-refractivity contribution in [2.75, 3.05) is 19.0 Å². The van der Waals surface area contributed by atoms with Crippen LogP contribution in [-0.4, -0.2) is 14.1 Å². The fourth-order valence-corrected chi connectivity index (χ4v) is 1.72. The van der Waals surface area contributed by atoms with E-state index in [4.69, 9.17) is 0 Å². The summed E-state index contributed by atoms with van der Waals surface area (Å²) in [6.07, 6.45) is 1.09. The number of anilines is 1. The van der Waals surface area contributed by atoms with E-state index < -0.39 is 0 Å². The quantitative estimate of drug-likeness (QED) is 0.751. The zero-order chi connectivity index (χ0) is 9.14. The Bertz CT molecular complexity index is 269. The molecule has 0 radical (unpaired) electrons. The van der Waals surface area contributed by atoms with E-state index in [1.165, 1.54) is 11.3 Å². The van der Waals surface area contributed by atoms with Gasteiger partial charge in [-0.1, -0.05) is 13.0 Å². The highest BCUT2D eigenvalue weighted by Gasteiger charge is 2.01. The maximum atomic E-state index is 3.52. The summed E-state index contributed by atoms with van der Waals surface area (Å²) in [4.78, 5) is 2.11. The molecule has 0 aliphatic rings. The van der Waals surface area contributed by atoms with Crippen LogP contribution in [0, 0.1) is 0 Å². The van der Waals surface area contributed by atoms with E-state index in [9.17, 15) is 0 Å². The van der Waals surface area contributed by atoms with E-state index in [2.05, 4.69) is 60.0 Å². The average molecular weight is 228 g/mol. The molecular formula is C10H14BrN. The average Bonchev–Trinajstić information content (AvgIpc) is 2.05. The molecule has 0 unspecified atom stereocenters. The minimum absolute atomic E-state index is 1.09. The summed E-state index contributed by atoms with van der Waals surface area (Å²) in [7, 11) is 4.11. The molecule has 0 aliphatic carbocycles. The molecule has 0 atom stereocenters. The molecule has 0 spiro atoms. The number of nitrogens with zero attached hydrogens (tertiary/aromatic N) is 1. The summed E-state index contributed by atoms with van der Waals surface area (Å²) in [6, 6.07) is 6.47. The minimum Gasteiger partial charge on any atom is -0.377 e. The van der Waals surface area contributed by atoms with Crippen LogP contribution >= 0.6 is 15.9 Å². The molecule has 2 heteroatoms. The molecule has 0 aromatic heterocycles. The Morgan fingerprint density at radius 3 is 2.50 bits per heavy atom. The molecule has 0 fully saturated rings. The number of aryl methyl sites for hydroxylation is 1. The van der Waals surface area contributed by atoms with E-state index in [0.29, 0.717) is 0 Å². The van der Waals surface area contributed by atoms with Crippen LogP contribution in [0.2, 0.25) is 0 Å². The molecule has 0 aliphatic heterocycles. The second-order valence-electron chi connectivity index (χ2n) is 3.03. The third kappa shape index (κ3) is 2.01. The molecule has 0 saturated heterocycles. The molecule has 0 N–H and O–H groups in total. The van der Waals surface area contributed by atoms with Crippen molar-refractivity contribution < 1.29 is 0 Å². The topological polar surface area (TPSA) is 3.24 Å². The lowest BCUT2D eigenvalue weighted by molar-refractivity contribution is 1.09. The first-order valence-electron chi connectivity index (χ1n) is 4.11. The van der Waals surface area contributed by atoms with Gasteiger partial charge in [0.05, 0.1) is 5.69 Å². The molecule has 0 amide bonds. The van der Waals surface area contributed by atoms with E-state index in [1.807, 2.05) is 0 Å². The van der Waals surface area contributed by atoms with Crippen LogP contribution in [0.25, 0.3) is 0 Å². The molecular weight excluding hydrogens is 214 g/mol. The highest BCUT2D eigenvalue weighted by molar-refractivity contribution is 9.10. The van der Waals surface area contributed by atoms with Gasteiger partial charge in [-0.2, -0.15) is 0 Å². The van der Waals surface area contributed by atoms with Gasteiger partial charge >= 0.3 is 0 Å². The number of hydrogen-bond acceptors (Lipinski definition) is 1. The third-order valence-corrected chi connectivity index (χ3v) is 2.57. The van der Waals surface area contributed by atoms with E-state index >= 15 is 0 Å². The SMILES string of the molecule is CCc1ccc(Br)c(N(C)C)c1. The van der Waals surface area contributed by atoms with Crippen molar-refractivity contribution in [1.82, 2.24) is 0 Å². The van der Waals surface area contributed by atoms with E-state index in [-0.39, 0.29) is 0 Å². The fourth-order valence-electron chi connectivity index (χ4n) is 1.12. The van der Waals surface area contributed by atoms with Crippen molar-refractivity contribution in [2.24, 2.45) is 0 Å². The van der Waals surface area contributed by atoms with Crippen molar-refractivity contribution >= 4 is 21.6 Å². The normalized spacial score (nSPS) is 10.0. The lowest BCUT2D eigenvalue weighted by atomic mass is 10.1. The second kappa shape index (κ2) is 3.94. The molecule has 0 heterocycles. The van der Waals surface area contributed by atoms with Crippen LogP contribution in [-0.2, 0) is 6.42 Å². The zero-order valence-electron chi connectivity index (χ0n) is 7.76. The zero-order valence-corrected chi connectivity index (χ0v) is 9.35. The van der Waals surface area contributed by atoms with Gasteiger partial charge in [0.2, 0.25) is 0 Å². The maximum absolute atomic E-state index is 3.52. The van der Waals surface area contributed by atoms with Crippen molar-refractivity contribution in [3.05, 3.63) is 28.2 Å². The predicted molar refractivity (Wildman–Crippen MR) is 57.8 cm³/mol. The Balaban J connectivity index is 3.08. The van der Waals surface area contributed by atoms with Crippen LogP contribution in [0.3, 0.4) is 0 Å². The summed E-state index contributed by atoms with van der Waals surface area (Å²) in [5.41, 5.74) is 2.62. The van der Waals surface area contributed by atoms with Crippen LogP contribution in [0.5, 0.6) is 0 Å². The summed E-state index contributed by atoms with van der Waals surface area (Å²) in [5.74, 6) is 0. The van der Waals surface area contributed by atoms with Crippen molar-refractivity contribution in [3.8, 4) is 0 Å². The lowest BCUT2D eigenvalue weighted by Crippen LogP contribution is -2.09. The number of halogens is 1. The molecule has 0 bridgehead atoms. The van der Waals surface area contributed by atoms with Gasteiger partial charge in [0.1, 0.15) is 0 Å². The molecule has 12 heavy (non-hydrogen) atoms. The third-order valence-electron chi connectivity index (χ3n) is 1.90. The smallest absolute Gasteiger partial charge is 0.0508 e. The van der Waals surface area contributed by atoms with Gasteiger partial charge in [-0.25, -0.2) is 0 Å². The summed E-state index contributed by atoms with van der Waals surface area (Å²) >= 11 is 3.52. The largest absolute Gasteiger partial charge is 0.377 e. The van der Waals surface area contributed by atoms with Crippen molar-refractivity contribution in [3.63, 3.8) is 0 Å². The monoisotopic (exact) mass is 227 g/mol. The first kappa shape index (κ1) is 9.59. The van der Waals surface area contributed by atoms with Gasteiger partial charge in [0, 0.05) is 18.6 Å². The number of benzene rings is 1. The Kier molecular flexibility index (Phi) is 3.15. The maximum Gasteiger partial charge on any atom is 0.0508 e. The molecule has 1 rings (SSSR count). The predicted octanol–water partition coefficient (Wildman–Crippen LogP) is 3.08. The molecule has 66 valence electrons. The highest BCUT2D eigenvalue weighted by Crippen LogP contribution is 2.25. The lowest BCUT2D eigenvalue weighted by Gasteiger charge is -2.15. The van der Waals surface area contributed by atoms with Crippen LogP contribution < -0.4 is 4.90 Å². The van der Waals surface area contributed by atoms with Gasteiger partial charge in [0.25, 0.3) is 0 Å². The Labute approximate surface area is 82.5 Å². The molecule has 1 aromatic rings. The van der Waals surface area contributed by atoms with Crippen molar-refractivity contribution in [1.29, 1.82) is 0 Å². The van der Waals surface area contributed by atoms with Crippen molar-refractivity contribution in [2.45, 2.75) is 13.3 Å². The standard InChI is InChI=1S/C10H14BrN/c1-4-8-5-6-9(11)10(7-8)12(2)3/h5-7H,4H2,1-3H3. The highest BCUT2D eigenvalue weighted by atomic mass is 79.9. The number of rotatable bonds is 2. The van der Waals surface area contributed by atoms with E-state index in [0.717, 1.165) is 10.9 Å². The minimum atomic E-state index is 1.09. The van der Waals surface area contributed by atoms with Gasteiger partial charge in [-0.15, -0.1) is 0 Å². The summed E-state index contributed by atoms with van der Waals surface area (Å²) in [6.45, 7) is 2.17. The molecule has 0 saturated carbocycles. The first-order valence-corrected chi connectivity index (χ1v) is 4.90.